The predicted molar refractivity (Wildman–Crippen MR) is 141 cm³/mol. The molecule has 188 valence electrons. The minimum absolute atomic E-state index is 0.00307. The fourth-order valence-electron chi connectivity index (χ4n) is 5.19. The minimum atomic E-state index is -0.305. The summed E-state index contributed by atoms with van der Waals surface area (Å²) in [7, 11) is 0. The summed E-state index contributed by atoms with van der Waals surface area (Å²) in [6, 6.07) is 9.53. The van der Waals surface area contributed by atoms with Crippen molar-refractivity contribution < 1.29 is 18.7 Å². The van der Waals surface area contributed by atoms with E-state index in [4.69, 9.17) is 37.1 Å². The molecule has 2 aliphatic rings. The van der Waals surface area contributed by atoms with E-state index >= 15 is 0 Å². The van der Waals surface area contributed by atoms with Crippen LogP contribution in [0.3, 0.4) is 0 Å². The molecule has 1 aromatic carbocycles. The maximum atomic E-state index is 11.6. The summed E-state index contributed by atoms with van der Waals surface area (Å²) >= 11 is 12.3. The van der Waals surface area contributed by atoms with Crippen LogP contribution in [0.1, 0.15) is 64.1 Å². The number of halogens is 2. The van der Waals surface area contributed by atoms with Gasteiger partial charge in [-0.15, -0.1) is 0 Å². The van der Waals surface area contributed by atoms with Crippen LogP contribution >= 0.6 is 23.2 Å². The van der Waals surface area contributed by atoms with E-state index in [-0.39, 0.29) is 12.6 Å². The maximum Gasteiger partial charge on any atom is 0.344 e. The maximum absolute atomic E-state index is 11.6. The number of allylic oxidation sites excluding steroid dienone is 4. The van der Waals surface area contributed by atoms with Crippen molar-refractivity contribution in [3.63, 3.8) is 0 Å². The first-order chi connectivity index (χ1) is 17.0. The number of furan rings is 1. The van der Waals surface area contributed by atoms with Crippen LogP contribution in [0, 0.1) is 11.8 Å². The molecule has 4 rings (SSSR count). The number of carbonyl (C=O) groups excluding carboxylic acids is 1. The Kier molecular flexibility index (Phi) is 9.39. The zero-order chi connectivity index (χ0) is 24.6. The van der Waals surface area contributed by atoms with Crippen LogP contribution in [0.5, 0.6) is 0 Å². The Balaban J connectivity index is 1.23. The number of esters is 1. The smallest absolute Gasteiger partial charge is 0.344 e. The lowest BCUT2D eigenvalue weighted by Gasteiger charge is -2.30. The van der Waals surface area contributed by atoms with Crippen LogP contribution in [0.4, 0.5) is 0 Å². The fraction of sp³-hybridized carbons (Fsp3) is 0.483. The molecule has 6 heteroatoms. The second kappa shape index (κ2) is 12.7. The highest BCUT2D eigenvalue weighted by Crippen LogP contribution is 2.38. The number of carbonyl (C=O) groups is 1. The number of hydrogen-bond donors (Lipinski definition) is 0. The number of fused-ring (bicyclic) bond motifs is 1. The van der Waals surface area contributed by atoms with E-state index in [2.05, 4.69) is 12.1 Å². The van der Waals surface area contributed by atoms with Crippen LogP contribution in [0.25, 0.3) is 11.3 Å². The standard InChI is InChI=1S/C29H34Cl2O4/c1-2-33-29(32)19-34-25-13-11-21-7-3-5-20(9-10-22(21)17-25)6-4-8-24-14-16-28(35-24)26-15-12-23(30)18-27(26)31/h11-16,18,20,22H,2-10,17,19H2,1H3/t20-,22?/m1/s1. The Morgan fingerprint density at radius 1 is 1.11 bits per heavy atom. The number of rotatable bonds is 9. The molecule has 1 unspecified atom stereocenters. The van der Waals surface area contributed by atoms with E-state index in [1.165, 1.54) is 37.7 Å². The normalized spacial score (nSPS) is 20.2. The third-order valence-corrected chi connectivity index (χ3v) is 7.58. The number of benzene rings is 1. The molecule has 35 heavy (non-hydrogen) atoms. The Bertz CT molecular complexity index is 1070. The van der Waals surface area contributed by atoms with Gasteiger partial charge in [0.25, 0.3) is 0 Å². The monoisotopic (exact) mass is 516 g/mol. The lowest BCUT2D eigenvalue weighted by Crippen LogP contribution is -2.18. The Morgan fingerprint density at radius 2 is 2.00 bits per heavy atom. The van der Waals surface area contributed by atoms with E-state index in [0.29, 0.717) is 22.6 Å². The molecule has 2 aromatic rings. The van der Waals surface area contributed by atoms with Gasteiger partial charge in [0.2, 0.25) is 0 Å². The van der Waals surface area contributed by atoms with Gasteiger partial charge in [0.15, 0.2) is 6.61 Å². The van der Waals surface area contributed by atoms with E-state index in [1.54, 1.807) is 13.0 Å². The van der Waals surface area contributed by atoms with Crippen molar-refractivity contribution in [2.45, 2.75) is 64.7 Å². The van der Waals surface area contributed by atoms with E-state index in [9.17, 15) is 4.79 Å². The molecule has 1 fully saturated rings. The molecule has 0 radical (unpaired) electrons. The first kappa shape index (κ1) is 25.9. The van der Waals surface area contributed by atoms with Crippen molar-refractivity contribution >= 4 is 29.2 Å². The summed E-state index contributed by atoms with van der Waals surface area (Å²) in [6.45, 7) is 2.19. The lowest BCUT2D eigenvalue weighted by atomic mass is 9.77. The van der Waals surface area contributed by atoms with Crippen molar-refractivity contribution in [2.24, 2.45) is 11.8 Å². The van der Waals surface area contributed by atoms with E-state index in [0.717, 1.165) is 54.4 Å². The Morgan fingerprint density at radius 3 is 2.83 bits per heavy atom. The minimum Gasteiger partial charge on any atom is -0.486 e. The van der Waals surface area contributed by atoms with Gasteiger partial charge in [-0.3, -0.25) is 0 Å². The fourth-order valence-corrected chi connectivity index (χ4v) is 5.69. The van der Waals surface area contributed by atoms with E-state index < -0.39 is 0 Å². The summed E-state index contributed by atoms with van der Waals surface area (Å²) in [5, 5.41) is 1.23. The third kappa shape index (κ3) is 7.41. The number of ether oxygens (including phenoxy) is 2. The molecule has 1 aromatic heterocycles. The highest BCUT2D eigenvalue weighted by Gasteiger charge is 2.24. The average Bonchev–Trinajstić information content (AvgIpc) is 3.28. The van der Waals surface area contributed by atoms with Crippen LogP contribution < -0.4 is 0 Å². The van der Waals surface area contributed by atoms with Gasteiger partial charge in [-0.1, -0.05) is 47.7 Å². The van der Waals surface area contributed by atoms with Gasteiger partial charge in [0, 0.05) is 23.4 Å². The molecule has 0 amide bonds. The summed E-state index contributed by atoms with van der Waals surface area (Å²) in [5.74, 6) is 3.66. The average molecular weight is 517 g/mol. The molecular formula is C29H34Cl2O4. The van der Waals surface area contributed by atoms with Crippen molar-refractivity contribution in [3.05, 3.63) is 69.6 Å². The van der Waals surface area contributed by atoms with Crippen LogP contribution in [0.2, 0.25) is 10.0 Å². The quantitative estimate of drug-likeness (QED) is 0.313. The highest BCUT2D eigenvalue weighted by molar-refractivity contribution is 6.36. The predicted octanol–water partition coefficient (Wildman–Crippen LogP) is 8.57. The van der Waals surface area contributed by atoms with E-state index in [1.807, 2.05) is 24.3 Å². The zero-order valence-electron chi connectivity index (χ0n) is 20.4. The first-order valence-electron chi connectivity index (χ1n) is 12.7. The number of hydrogen-bond acceptors (Lipinski definition) is 4. The lowest BCUT2D eigenvalue weighted by molar-refractivity contribution is -0.147. The molecule has 0 N–H and O–H groups in total. The number of aryl methyl sites for hydroxylation is 1. The molecule has 0 bridgehead atoms. The third-order valence-electron chi connectivity index (χ3n) is 7.03. The molecule has 2 aliphatic carbocycles. The Hall–Kier alpha value is -2.17. The first-order valence-corrected chi connectivity index (χ1v) is 13.5. The SMILES string of the molecule is CCOC(=O)COC1=CC=C2CCC[C@H](CCCc3ccc(-c4ccc(Cl)cc4Cl)o3)CCC2C1. The molecular weight excluding hydrogens is 483 g/mol. The van der Waals surface area contributed by atoms with Crippen LogP contribution in [-0.2, 0) is 20.7 Å². The van der Waals surface area contributed by atoms with Gasteiger partial charge >= 0.3 is 5.97 Å². The summed E-state index contributed by atoms with van der Waals surface area (Å²) in [6.07, 6.45) is 14.5. The molecule has 4 nitrogen and oxygen atoms in total. The molecule has 0 saturated heterocycles. The van der Waals surface area contributed by atoms with Crippen molar-refractivity contribution in [3.8, 4) is 11.3 Å². The zero-order valence-corrected chi connectivity index (χ0v) is 21.9. The van der Waals surface area contributed by atoms with Gasteiger partial charge < -0.3 is 13.9 Å². The molecule has 2 atom stereocenters. The van der Waals surface area contributed by atoms with Crippen LogP contribution in [0.15, 0.2) is 58.2 Å². The second-order valence-electron chi connectivity index (χ2n) is 9.49. The van der Waals surface area contributed by atoms with Gasteiger partial charge in [-0.25, -0.2) is 4.79 Å². The van der Waals surface area contributed by atoms with Crippen LogP contribution in [-0.4, -0.2) is 19.2 Å². The van der Waals surface area contributed by atoms with Gasteiger partial charge in [0.1, 0.15) is 11.5 Å². The van der Waals surface area contributed by atoms with Crippen molar-refractivity contribution in [1.82, 2.24) is 0 Å². The largest absolute Gasteiger partial charge is 0.486 e. The topological polar surface area (TPSA) is 48.7 Å². The van der Waals surface area contributed by atoms with Gasteiger partial charge in [-0.05, 0) is 87.3 Å². The Labute approximate surface area is 218 Å². The summed E-state index contributed by atoms with van der Waals surface area (Å²) in [4.78, 5) is 11.6. The molecule has 0 aliphatic heterocycles. The van der Waals surface area contributed by atoms with Gasteiger partial charge in [0.05, 0.1) is 17.4 Å². The van der Waals surface area contributed by atoms with Crippen molar-refractivity contribution in [1.29, 1.82) is 0 Å². The summed E-state index contributed by atoms with van der Waals surface area (Å²) < 4.78 is 16.8. The highest BCUT2D eigenvalue weighted by atomic mass is 35.5. The second-order valence-corrected chi connectivity index (χ2v) is 10.3. The van der Waals surface area contributed by atoms with Crippen molar-refractivity contribution in [2.75, 3.05) is 13.2 Å². The van der Waals surface area contributed by atoms with Gasteiger partial charge in [-0.2, -0.15) is 0 Å². The molecule has 1 saturated carbocycles. The summed E-state index contributed by atoms with van der Waals surface area (Å²) in [5.41, 5.74) is 2.41. The molecule has 0 spiro atoms. The molecule has 1 heterocycles.